The molecule has 7 heteroatoms. The topological polar surface area (TPSA) is 85.3 Å². The van der Waals surface area contributed by atoms with Crippen molar-refractivity contribution >= 4 is 34.9 Å². The van der Waals surface area contributed by atoms with Crippen LogP contribution in [0.5, 0.6) is 0 Å². The van der Waals surface area contributed by atoms with Crippen molar-refractivity contribution in [2.75, 3.05) is 6.61 Å². The minimum Gasteiger partial charge on any atom is -0.463 e. The monoisotopic (exact) mass is 414 g/mol. The summed E-state index contributed by atoms with van der Waals surface area (Å²) >= 11 is 12.4. The molecule has 0 aliphatic carbocycles. The van der Waals surface area contributed by atoms with Crippen molar-refractivity contribution in [2.45, 2.75) is 12.8 Å². The zero-order valence-electron chi connectivity index (χ0n) is 14.9. The van der Waals surface area contributed by atoms with Crippen molar-refractivity contribution in [1.82, 2.24) is 0 Å². The number of esters is 1. The fourth-order valence-electron chi connectivity index (χ4n) is 3.03. The maximum Gasteiger partial charge on any atom is 0.338 e. The van der Waals surface area contributed by atoms with Crippen molar-refractivity contribution in [2.24, 2.45) is 5.73 Å². The summed E-state index contributed by atoms with van der Waals surface area (Å²) in [4.78, 5) is 12.9. The number of nitrogens with zero attached hydrogens (tertiary/aromatic N) is 1. The molecular formula is C21H16Cl2N2O3. The Bertz CT molecular complexity index is 1020. The van der Waals surface area contributed by atoms with Crippen LogP contribution in [0.1, 0.15) is 24.0 Å². The number of rotatable bonds is 4. The van der Waals surface area contributed by atoms with Crippen LogP contribution in [0.4, 0.5) is 0 Å². The van der Waals surface area contributed by atoms with Gasteiger partial charge in [0.15, 0.2) is 0 Å². The smallest absolute Gasteiger partial charge is 0.338 e. The zero-order chi connectivity index (χ0) is 20.3. The second-order valence-electron chi connectivity index (χ2n) is 5.92. The molecular weight excluding hydrogens is 399 g/mol. The fourth-order valence-corrected chi connectivity index (χ4v) is 3.54. The van der Waals surface area contributed by atoms with Gasteiger partial charge < -0.3 is 15.2 Å². The van der Waals surface area contributed by atoms with Crippen molar-refractivity contribution in [1.29, 1.82) is 5.26 Å². The second kappa shape index (κ2) is 8.39. The van der Waals surface area contributed by atoms with Crippen LogP contribution in [0.2, 0.25) is 10.0 Å². The highest BCUT2D eigenvalue weighted by Gasteiger charge is 2.39. The van der Waals surface area contributed by atoms with Gasteiger partial charge >= 0.3 is 5.97 Å². The minimum absolute atomic E-state index is 0.0759. The number of carbonyl (C=O) groups is 1. The van der Waals surface area contributed by atoms with Crippen molar-refractivity contribution < 1.29 is 14.3 Å². The number of nitrogens with two attached hydrogens (primary N) is 1. The Morgan fingerprint density at radius 2 is 1.96 bits per heavy atom. The van der Waals surface area contributed by atoms with Gasteiger partial charge in [-0.25, -0.2) is 4.79 Å². The predicted molar refractivity (Wildman–Crippen MR) is 107 cm³/mol. The molecule has 0 saturated carbocycles. The van der Waals surface area contributed by atoms with Crippen molar-refractivity contribution in [3.8, 4) is 6.07 Å². The summed E-state index contributed by atoms with van der Waals surface area (Å²) in [7, 11) is 0. The maximum absolute atomic E-state index is 12.9. The van der Waals surface area contributed by atoms with Crippen LogP contribution >= 0.6 is 23.2 Å². The third-order valence-corrected chi connectivity index (χ3v) is 4.79. The van der Waals surface area contributed by atoms with Crippen molar-refractivity contribution in [3.63, 3.8) is 0 Å². The van der Waals surface area contributed by atoms with E-state index < -0.39 is 11.9 Å². The molecule has 2 aromatic carbocycles. The molecule has 2 aromatic rings. The average molecular weight is 415 g/mol. The molecule has 0 saturated heterocycles. The van der Waals surface area contributed by atoms with E-state index in [2.05, 4.69) is 0 Å². The quantitative estimate of drug-likeness (QED) is 0.727. The van der Waals surface area contributed by atoms with Crippen LogP contribution in [0.15, 0.2) is 65.6 Å². The molecule has 0 fully saturated rings. The number of hydrogen-bond donors (Lipinski definition) is 1. The molecule has 0 aromatic heterocycles. The van der Waals surface area contributed by atoms with Gasteiger partial charge in [-0.2, -0.15) is 5.26 Å². The highest BCUT2D eigenvalue weighted by atomic mass is 35.5. The molecule has 2 N–H and O–H groups in total. The van der Waals surface area contributed by atoms with Crippen LogP contribution < -0.4 is 5.73 Å². The van der Waals surface area contributed by atoms with Crippen LogP contribution in [0.25, 0.3) is 5.76 Å². The first kappa shape index (κ1) is 19.8. The molecule has 142 valence electrons. The lowest BCUT2D eigenvalue weighted by atomic mass is 9.82. The summed E-state index contributed by atoms with van der Waals surface area (Å²) in [5.41, 5.74) is 7.40. The second-order valence-corrected chi connectivity index (χ2v) is 6.76. The molecule has 1 atom stereocenters. The lowest BCUT2D eigenvalue weighted by molar-refractivity contribution is -0.138. The van der Waals surface area contributed by atoms with Crippen molar-refractivity contribution in [3.05, 3.63) is 86.7 Å². The number of halogens is 2. The summed E-state index contributed by atoms with van der Waals surface area (Å²) < 4.78 is 11.0. The van der Waals surface area contributed by atoms with Gasteiger partial charge in [0.25, 0.3) is 0 Å². The molecule has 3 rings (SSSR count). The molecule has 0 amide bonds. The first-order valence-electron chi connectivity index (χ1n) is 8.47. The van der Waals surface area contributed by atoms with E-state index in [0.29, 0.717) is 21.2 Å². The Balaban J connectivity index is 2.31. The standard InChI is InChI=1S/C21H16Cl2N2O3/c1-2-27-21(26)18-17(14-9-8-13(22)10-16(14)23)15(11-24)20(25)28-19(18)12-6-4-3-5-7-12/h3-10,17H,2,25H2,1H3/t17-/m0/s1. The number of allylic oxidation sites excluding steroid dienone is 1. The molecule has 1 aliphatic rings. The first-order chi connectivity index (χ1) is 13.5. The van der Waals surface area contributed by atoms with E-state index in [9.17, 15) is 10.1 Å². The summed E-state index contributed by atoms with van der Waals surface area (Å²) in [5, 5.41) is 10.4. The van der Waals surface area contributed by atoms with E-state index in [1.165, 1.54) is 0 Å². The Morgan fingerprint density at radius 1 is 1.25 bits per heavy atom. The molecule has 0 bridgehead atoms. The van der Waals surface area contributed by atoms with Crippen LogP contribution in [0, 0.1) is 11.3 Å². The molecule has 5 nitrogen and oxygen atoms in total. The summed E-state index contributed by atoms with van der Waals surface area (Å²) in [6, 6.07) is 15.9. The predicted octanol–water partition coefficient (Wildman–Crippen LogP) is 4.78. The maximum atomic E-state index is 12.9. The van der Waals surface area contributed by atoms with Gasteiger partial charge in [-0.1, -0.05) is 59.6 Å². The van der Waals surface area contributed by atoms with E-state index in [0.717, 1.165) is 0 Å². The zero-order valence-corrected chi connectivity index (χ0v) is 16.4. The highest BCUT2D eigenvalue weighted by molar-refractivity contribution is 6.35. The van der Waals surface area contributed by atoms with Gasteiger partial charge in [0.2, 0.25) is 5.88 Å². The number of benzene rings is 2. The van der Waals surface area contributed by atoms with E-state index in [1.807, 2.05) is 12.1 Å². The number of hydrogen-bond acceptors (Lipinski definition) is 5. The third-order valence-electron chi connectivity index (χ3n) is 4.22. The molecule has 1 aliphatic heterocycles. The van der Waals surface area contributed by atoms with Gasteiger partial charge in [-0.3, -0.25) is 0 Å². The molecule has 28 heavy (non-hydrogen) atoms. The Kier molecular flexibility index (Phi) is 5.93. The minimum atomic E-state index is -0.849. The summed E-state index contributed by atoms with van der Waals surface area (Å²) in [6.07, 6.45) is 0. The van der Waals surface area contributed by atoms with Crippen LogP contribution in [-0.4, -0.2) is 12.6 Å². The van der Waals surface area contributed by atoms with E-state index >= 15 is 0 Å². The highest BCUT2D eigenvalue weighted by Crippen LogP contribution is 2.45. The van der Waals surface area contributed by atoms with Gasteiger partial charge in [-0.15, -0.1) is 0 Å². The normalized spacial score (nSPS) is 16.4. The van der Waals surface area contributed by atoms with E-state index in [-0.39, 0.29) is 29.4 Å². The van der Waals surface area contributed by atoms with E-state index in [1.54, 1.807) is 49.4 Å². The summed E-state index contributed by atoms with van der Waals surface area (Å²) in [5.74, 6) is -1.33. The first-order valence-corrected chi connectivity index (χ1v) is 9.22. The number of carbonyl (C=O) groups excluding carboxylic acids is 1. The lowest BCUT2D eigenvalue weighted by Gasteiger charge is -2.28. The Hall–Kier alpha value is -2.94. The average Bonchev–Trinajstić information content (AvgIpc) is 2.68. The largest absolute Gasteiger partial charge is 0.463 e. The Morgan fingerprint density at radius 3 is 2.57 bits per heavy atom. The fraction of sp³-hybridized carbons (Fsp3) is 0.143. The lowest BCUT2D eigenvalue weighted by Crippen LogP contribution is -2.26. The molecule has 0 radical (unpaired) electrons. The number of nitriles is 1. The number of ether oxygens (including phenoxy) is 2. The van der Waals surface area contributed by atoms with Crippen LogP contribution in [0.3, 0.4) is 0 Å². The molecule has 1 heterocycles. The molecule has 0 spiro atoms. The van der Waals surface area contributed by atoms with Gasteiger partial charge in [-0.05, 0) is 24.6 Å². The molecule has 0 unspecified atom stereocenters. The van der Waals surface area contributed by atoms with Gasteiger partial charge in [0.05, 0.1) is 18.1 Å². The third kappa shape index (κ3) is 3.70. The van der Waals surface area contributed by atoms with Crippen LogP contribution in [-0.2, 0) is 14.3 Å². The summed E-state index contributed by atoms with van der Waals surface area (Å²) in [6.45, 7) is 1.86. The Labute approximate surface area is 172 Å². The van der Waals surface area contributed by atoms with Gasteiger partial charge in [0.1, 0.15) is 17.4 Å². The van der Waals surface area contributed by atoms with E-state index in [4.69, 9.17) is 38.4 Å². The van der Waals surface area contributed by atoms with Gasteiger partial charge in [0, 0.05) is 15.6 Å². The SMILES string of the molecule is CCOC(=O)C1=C(c2ccccc2)OC(N)=C(C#N)[C@@H]1c1ccc(Cl)cc1Cl.